The zero-order valence-electron chi connectivity index (χ0n) is 22.1. The molecule has 0 radical (unpaired) electrons. The minimum atomic E-state index is -0.808. The standard InChI is InChI=1S/C27H31N3O7.ClH/c1-17(27(31)30-10-12-36-13-11-30)37-29-25(19-6-7-21(32-2)22(15-19)33-3)26-20-16-24(35-5)23(34-4)14-18(20)8-9-28-26;/h6-9,14-17H,10-13H2,1-5H3;1H/b29-25-;. The van der Waals surface area contributed by atoms with Crippen molar-refractivity contribution in [1.82, 2.24) is 9.88 Å². The zero-order chi connectivity index (χ0) is 26.4. The van der Waals surface area contributed by atoms with Crippen molar-refractivity contribution < 1.29 is 33.3 Å². The average molecular weight is 546 g/mol. The van der Waals surface area contributed by atoms with Gasteiger partial charge in [-0.05, 0) is 48.7 Å². The number of benzene rings is 2. The third-order valence-electron chi connectivity index (χ3n) is 6.12. The van der Waals surface area contributed by atoms with E-state index in [1.807, 2.05) is 24.3 Å². The first-order valence-electron chi connectivity index (χ1n) is 11.8. The molecular weight excluding hydrogens is 514 g/mol. The van der Waals surface area contributed by atoms with Crippen LogP contribution < -0.4 is 18.9 Å². The van der Waals surface area contributed by atoms with Crippen LogP contribution in [-0.2, 0) is 14.4 Å². The second-order valence-electron chi connectivity index (χ2n) is 8.28. The number of methoxy groups -OCH3 is 4. The van der Waals surface area contributed by atoms with E-state index in [-0.39, 0.29) is 18.3 Å². The lowest BCUT2D eigenvalue weighted by Gasteiger charge is -2.28. The van der Waals surface area contributed by atoms with Crippen molar-refractivity contribution >= 4 is 34.8 Å². The maximum absolute atomic E-state index is 12.9. The Hall–Kier alpha value is -3.76. The molecule has 0 saturated carbocycles. The lowest BCUT2D eigenvalue weighted by molar-refractivity contribution is -0.146. The van der Waals surface area contributed by atoms with Crippen molar-refractivity contribution in [3.63, 3.8) is 0 Å². The first-order chi connectivity index (χ1) is 18.0. The highest BCUT2D eigenvalue weighted by molar-refractivity contribution is 6.18. The monoisotopic (exact) mass is 545 g/mol. The van der Waals surface area contributed by atoms with Gasteiger partial charge in [0.05, 0.1) is 41.7 Å². The number of halogens is 1. The maximum Gasteiger partial charge on any atom is 0.266 e. The van der Waals surface area contributed by atoms with Crippen molar-refractivity contribution in [2.24, 2.45) is 5.16 Å². The van der Waals surface area contributed by atoms with Crippen LogP contribution >= 0.6 is 12.4 Å². The second-order valence-corrected chi connectivity index (χ2v) is 8.28. The minimum Gasteiger partial charge on any atom is -0.493 e. The number of oxime groups is 1. The molecule has 0 N–H and O–H groups in total. The summed E-state index contributed by atoms with van der Waals surface area (Å²) >= 11 is 0. The topological polar surface area (TPSA) is 101 Å². The molecule has 1 saturated heterocycles. The molecule has 0 bridgehead atoms. The molecule has 38 heavy (non-hydrogen) atoms. The summed E-state index contributed by atoms with van der Waals surface area (Å²) in [5, 5.41) is 6.10. The lowest BCUT2D eigenvalue weighted by Crippen LogP contribution is -2.45. The summed E-state index contributed by atoms with van der Waals surface area (Å²) in [5.41, 5.74) is 1.62. The van der Waals surface area contributed by atoms with E-state index in [0.717, 1.165) is 10.8 Å². The molecule has 1 atom stereocenters. The zero-order valence-corrected chi connectivity index (χ0v) is 22.9. The van der Waals surface area contributed by atoms with Crippen LogP contribution in [0.3, 0.4) is 0 Å². The molecular formula is C27H32ClN3O7. The molecule has 1 unspecified atom stereocenters. The Labute approximate surface area is 227 Å². The van der Waals surface area contributed by atoms with Crippen molar-refractivity contribution in [3.05, 3.63) is 53.9 Å². The van der Waals surface area contributed by atoms with Gasteiger partial charge in [-0.3, -0.25) is 9.78 Å². The molecule has 3 aromatic rings. The van der Waals surface area contributed by atoms with Crippen LogP contribution in [0.2, 0.25) is 0 Å². The van der Waals surface area contributed by atoms with E-state index in [0.29, 0.717) is 66.3 Å². The fourth-order valence-corrected chi connectivity index (χ4v) is 4.12. The number of carbonyl (C=O) groups excluding carboxylic acids is 1. The maximum atomic E-state index is 12.9. The molecule has 1 amide bonds. The Bertz CT molecular complexity index is 1300. The Morgan fingerprint density at radius 2 is 1.55 bits per heavy atom. The molecule has 0 spiro atoms. The minimum absolute atomic E-state index is 0. The normalized spacial score (nSPS) is 14.3. The van der Waals surface area contributed by atoms with E-state index in [2.05, 4.69) is 10.1 Å². The average Bonchev–Trinajstić information content (AvgIpc) is 2.96. The third kappa shape index (κ3) is 6.03. The van der Waals surface area contributed by atoms with Crippen LogP contribution in [0.5, 0.6) is 23.0 Å². The SMILES string of the molecule is COc1ccc(/C(=N/OC(C)C(=O)N2CCOCC2)c2nccc3cc(OC)c(OC)cc23)cc1OC.Cl. The number of nitrogens with zero attached hydrogens (tertiary/aromatic N) is 3. The van der Waals surface area contributed by atoms with Gasteiger partial charge in [0, 0.05) is 30.2 Å². The van der Waals surface area contributed by atoms with Crippen molar-refractivity contribution in [2.75, 3.05) is 54.7 Å². The molecule has 2 aromatic carbocycles. The largest absolute Gasteiger partial charge is 0.493 e. The molecule has 10 nitrogen and oxygen atoms in total. The summed E-state index contributed by atoms with van der Waals surface area (Å²) in [5.74, 6) is 2.07. The third-order valence-corrected chi connectivity index (χ3v) is 6.12. The molecule has 1 fully saturated rings. The summed E-state index contributed by atoms with van der Waals surface area (Å²) in [7, 11) is 6.29. The van der Waals surface area contributed by atoms with Crippen LogP contribution in [-0.4, -0.2) is 82.3 Å². The van der Waals surface area contributed by atoms with Gasteiger partial charge >= 0.3 is 0 Å². The fraction of sp³-hybridized carbons (Fsp3) is 0.370. The Morgan fingerprint density at radius 3 is 2.21 bits per heavy atom. The fourth-order valence-electron chi connectivity index (χ4n) is 4.12. The lowest BCUT2D eigenvalue weighted by atomic mass is 10.0. The van der Waals surface area contributed by atoms with Gasteiger partial charge in [0.25, 0.3) is 5.91 Å². The highest BCUT2D eigenvalue weighted by atomic mass is 35.5. The summed E-state index contributed by atoms with van der Waals surface area (Å²) in [6, 6.07) is 11.0. The molecule has 1 aliphatic rings. The summed E-state index contributed by atoms with van der Waals surface area (Å²) < 4.78 is 27.2. The first-order valence-corrected chi connectivity index (χ1v) is 11.8. The Kier molecular flexibility index (Phi) is 9.98. The van der Waals surface area contributed by atoms with E-state index in [1.165, 1.54) is 0 Å². The molecule has 0 aliphatic carbocycles. The number of morpholine rings is 1. The Morgan fingerprint density at radius 1 is 0.921 bits per heavy atom. The van der Waals surface area contributed by atoms with Crippen molar-refractivity contribution in [3.8, 4) is 23.0 Å². The number of hydrogen-bond acceptors (Lipinski definition) is 9. The summed E-state index contributed by atoms with van der Waals surface area (Å²) in [6.45, 7) is 3.72. The van der Waals surface area contributed by atoms with Crippen LogP contribution in [0.4, 0.5) is 0 Å². The number of amides is 1. The molecule has 1 aromatic heterocycles. The highest BCUT2D eigenvalue weighted by Gasteiger charge is 2.25. The van der Waals surface area contributed by atoms with Crippen LogP contribution in [0.15, 0.2) is 47.8 Å². The molecule has 11 heteroatoms. The molecule has 4 rings (SSSR count). The van der Waals surface area contributed by atoms with Crippen LogP contribution in [0.1, 0.15) is 18.2 Å². The van der Waals surface area contributed by atoms with Gasteiger partial charge in [0.2, 0.25) is 6.10 Å². The number of pyridine rings is 1. The van der Waals surface area contributed by atoms with E-state index in [4.69, 9.17) is 28.5 Å². The van der Waals surface area contributed by atoms with Gasteiger partial charge < -0.3 is 33.4 Å². The predicted molar refractivity (Wildman–Crippen MR) is 145 cm³/mol. The van der Waals surface area contributed by atoms with Crippen molar-refractivity contribution in [1.29, 1.82) is 0 Å². The van der Waals surface area contributed by atoms with Gasteiger partial charge in [-0.2, -0.15) is 0 Å². The summed E-state index contributed by atoms with van der Waals surface area (Å²) in [6.07, 6.45) is 0.875. The van der Waals surface area contributed by atoms with E-state index < -0.39 is 6.10 Å². The number of aromatic nitrogens is 1. The predicted octanol–water partition coefficient (Wildman–Crippen LogP) is 3.71. The van der Waals surface area contributed by atoms with Gasteiger partial charge in [0.1, 0.15) is 11.4 Å². The number of fused-ring (bicyclic) bond motifs is 1. The van der Waals surface area contributed by atoms with E-state index >= 15 is 0 Å². The molecule has 204 valence electrons. The highest BCUT2D eigenvalue weighted by Crippen LogP contribution is 2.35. The van der Waals surface area contributed by atoms with Gasteiger partial charge in [-0.25, -0.2) is 0 Å². The number of rotatable bonds is 9. The smallest absolute Gasteiger partial charge is 0.266 e. The van der Waals surface area contributed by atoms with E-state index in [1.54, 1.807) is 58.6 Å². The molecule has 2 heterocycles. The Balaban J connectivity index is 0.00000400. The molecule has 1 aliphatic heterocycles. The van der Waals surface area contributed by atoms with E-state index in [9.17, 15) is 4.79 Å². The summed E-state index contributed by atoms with van der Waals surface area (Å²) in [4.78, 5) is 25.1. The number of hydrogen-bond donors (Lipinski definition) is 0. The quantitative estimate of drug-likeness (QED) is 0.296. The number of ether oxygens (including phenoxy) is 5. The van der Waals surface area contributed by atoms with Crippen LogP contribution in [0.25, 0.3) is 10.8 Å². The van der Waals surface area contributed by atoms with Gasteiger partial charge in [0.15, 0.2) is 23.0 Å². The van der Waals surface area contributed by atoms with Gasteiger partial charge in [-0.15, -0.1) is 12.4 Å². The van der Waals surface area contributed by atoms with Crippen LogP contribution in [0, 0.1) is 0 Å². The number of carbonyl (C=O) groups is 1. The second kappa shape index (κ2) is 13.2. The van der Waals surface area contributed by atoms with Gasteiger partial charge in [-0.1, -0.05) is 5.16 Å². The first kappa shape index (κ1) is 28.8. The van der Waals surface area contributed by atoms with Crippen molar-refractivity contribution in [2.45, 2.75) is 13.0 Å².